The highest BCUT2D eigenvalue weighted by Gasteiger charge is 2.42. The van der Waals surface area contributed by atoms with E-state index in [0.29, 0.717) is 0 Å². The number of methoxy groups -OCH3 is 3. The molecule has 0 aliphatic carbocycles. The standard InChI is InChI=1S/C31H28O12/c1-30(37)10-16(33)23-19(42-30)7-12-6-15(32)24(28(41-5)20(12)26(23)35)22-14-8-13(39-3)9-18(40-4)21(14)27(36)25-17(34)11-31(2,38)43-29(22)25/h6-9,32,35-38H,10-11H2,1-5H3. The summed E-state index contributed by atoms with van der Waals surface area (Å²) in [5.41, 5.74) is -0.542. The minimum absolute atomic E-state index is 0.00581. The summed E-state index contributed by atoms with van der Waals surface area (Å²) in [6.45, 7) is 2.59. The monoisotopic (exact) mass is 592 g/mol. The predicted octanol–water partition coefficient (Wildman–Crippen LogP) is 4.15. The van der Waals surface area contributed by atoms with Crippen molar-refractivity contribution in [1.82, 2.24) is 0 Å². The predicted molar refractivity (Wildman–Crippen MR) is 152 cm³/mol. The van der Waals surface area contributed by atoms with Gasteiger partial charge in [0, 0.05) is 30.9 Å². The number of aliphatic hydroxyl groups is 2. The fraction of sp³-hybridized carbons (Fsp3) is 0.290. The highest BCUT2D eigenvalue weighted by molar-refractivity contribution is 6.19. The number of hydrogen-bond acceptors (Lipinski definition) is 12. The van der Waals surface area contributed by atoms with E-state index >= 15 is 0 Å². The molecule has 2 heterocycles. The summed E-state index contributed by atoms with van der Waals surface area (Å²) in [6.07, 6.45) is -0.899. The first-order valence-corrected chi connectivity index (χ1v) is 13.2. The molecule has 0 aromatic heterocycles. The minimum atomic E-state index is -1.98. The van der Waals surface area contributed by atoms with Crippen molar-refractivity contribution in [2.45, 2.75) is 38.3 Å². The maximum absolute atomic E-state index is 13.4. The van der Waals surface area contributed by atoms with Gasteiger partial charge >= 0.3 is 0 Å². The van der Waals surface area contributed by atoms with Gasteiger partial charge in [-0.1, -0.05) is 0 Å². The van der Waals surface area contributed by atoms with Crippen molar-refractivity contribution in [3.8, 4) is 57.1 Å². The third-order valence-electron chi connectivity index (χ3n) is 7.67. The van der Waals surface area contributed by atoms with Crippen LogP contribution in [-0.2, 0) is 0 Å². The Balaban J connectivity index is 1.82. The first-order chi connectivity index (χ1) is 20.2. The molecule has 0 fully saturated rings. The molecule has 0 amide bonds. The number of hydrogen-bond donors (Lipinski definition) is 5. The first kappa shape index (κ1) is 28.2. The molecule has 43 heavy (non-hydrogen) atoms. The minimum Gasteiger partial charge on any atom is -0.507 e. The number of aromatic hydroxyl groups is 3. The van der Waals surface area contributed by atoms with Crippen LogP contribution < -0.4 is 23.7 Å². The molecule has 5 N–H and O–H groups in total. The smallest absolute Gasteiger partial charge is 0.212 e. The molecule has 0 bridgehead atoms. The van der Waals surface area contributed by atoms with Crippen LogP contribution in [0.2, 0.25) is 0 Å². The molecule has 4 aromatic carbocycles. The van der Waals surface area contributed by atoms with Crippen LogP contribution in [0.4, 0.5) is 0 Å². The summed E-state index contributed by atoms with van der Waals surface area (Å²) in [5, 5.41) is 56.1. The molecule has 12 heteroatoms. The third kappa shape index (κ3) is 4.13. The number of rotatable bonds is 4. The van der Waals surface area contributed by atoms with E-state index < -0.39 is 53.2 Å². The van der Waals surface area contributed by atoms with Crippen molar-refractivity contribution in [3.63, 3.8) is 0 Å². The molecule has 2 atom stereocenters. The number of phenols is 3. The summed E-state index contributed by atoms with van der Waals surface area (Å²) in [5.74, 6) is -6.51. The van der Waals surface area contributed by atoms with Gasteiger partial charge in [-0.15, -0.1) is 0 Å². The van der Waals surface area contributed by atoms with Crippen LogP contribution in [0, 0.1) is 0 Å². The summed E-state index contributed by atoms with van der Waals surface area (Å²) in [6, 6.07) is 5.66. The zero-order valence-electron chi connectivity index (χ0n) is 23.8. The zero-order chi connectivity index (χ0) is 31.2. The Hall–Kier alpha value is -4.94. The van der Waals surface area contributed by atoms with Crippen molar-refractivity contribution in [2.24, 2.45) is 0 Å². The number of carbonyl (C=O) groups excluding carboxylic acids is 2. The van der Waals surface area contributed by atoms with Crippen LogP contribution in [0.3, 0.4) is 0 Å². The highest BCUT2D eigenvalue weighted by atomic mass is 16.6. The van der Waals surface area contributed by atoms with Gasteiger partial charge in [0.25, 0.3) is 0 Å². The molecule has 0 radical (unpaired) electrons. The number of ether oxygens (including phenoxy) is 5. The molecule has 2 aliphatic rings. The molecule has 12 nitrogen and oxygen atoms in total. The van der Waals surface area contributed by atoms with Crippen molar-refractivity contribution in [2.75, 3.05) is 21.3 Å². The maximum atomic E-state index is 13.4. The van der Waals surface area contributed by atoms with E-state index in [1.165, 1.54) is 59.4 Å². The van der Waals surface area contributed by atoms with Gasteiger partial charge < -0.3 is 49.2 Å². The lowest BCUT2D eigenvalue weighted by atomic mass is 9.86. The normalized spacial score (nSPS) is 21.2. The molecule has 0 spiro atoms. The molecular weight excluding hydrogens is 564 g/mol. The second-order valence-corrected chi connectivity index (χ2v) is 10.9. The SMILES string of the molecule is COc1cc(OC)c2c(O)c3c(c(-c4c(O)cc5cc6c(c(O)c5c4OC)C(=O)CC(C)(O)O6)c2c1)OC(C)(O)CC3=O. The van der Waals surface area contributed by atoms with Crippen molar-refractivity contribution < 1.29 is 58.8 Å². The molecule has 2 aliphatic heterocycles. The summed E-state index contributed by atoms with van der Waals surface area (Å²) in [4.78, 5) is 26.4. The van der Waals surface area contributed by atoms with Crippen LogP contribution in [0.5, 0.6) is 46.0 Å². The van der Waals surface area contributed by atoms with Crippen LogP contribution in [0.25, 0.3) is 32.7 Å². The van der Waals surface area contributed by atoms with E-state index in [9.17, 15) is 35.1 Å². The number of benzene rings is 4. The average Bonchev–Trinajstić information content (AvgIpc) is 2.90. The van der Waals surface area contributed by atoms with E-state index in [4.69, 9.17) is 23.7 Å². The summed E-state index contributed by atoms with van der Waals surface area (Å²) in [7, 11) is 4.05. The quantitative estimate of drug-likeness (QED) is 0.229. The second kappa shape index (κ2) is 9.28. The lowest BCUT2D eigenvalue weighted by molar-refractivity contribution is -0.124. The Morgan fingerprint density at radius 1 is 0.721 bits per heavy atom. The third-order valence-corrected chi connectivity index (χ3v) is 7.67. The van der Waals surface area contributed by atoms with Crippen LogP contribution in [0.1, 0.15) is 47.4 Å². The van der Waals surface area contributed by atoms with Gasteiger partial charge in [0.2, 0.25) is 11.6 Å². The van der Waals surface area contributed by atoms with E-state index in [-0.39, 0.29) is 72.5 Å². The topological polar surface area (TPSA) is 181 Å². The highest BCUT2D eigenvalue weighted by Crippen LogP contribution is 2.58. The van der Waals surface area contributed by atoms with Crippen molar-refractivity contribution in [1.29, 1.82) is 0 Å². The maximum Gasteiger partial charge on any atom is 0.212 e. The molecule has 224 valence electrons. The first-order valence-electron chi connectivity index (χ1n) is 13.2. The Kier molecular flexibility index (Phi) is 6.08. The largest absolute Gasteiger partial charge is 0.507 e. The fourth-order valence-corrected chi connectivity index (χ4v) is 5.97. The molecule has 2 unspecified atom stereocenters. The molecule has 0 saturated heterocycles. The Bertz CT molecular complexity index is 1900. The molecular formula is C31H28O12. The van der Waals surface area contributed by atoms with Crippen LogP contribution >= 0.6 is 0 Å². The number of Topliss-reactive ketones (excluding diaryl/α,β-unsaturated/α-hetero) is 2. The average molecular weight is 593 g/mol. The second-order valence-electron chi connectivity index (χ2n) is 10.9. The van der Waals surface area contributed by atoms with Crippen LogP contribution in [-0.4, -0.2) is 70.0 Å². The van der Waals surface area contributed by atoms with Gasteiger partial charge in [-0.05, 0) is 23.6 Å². The molecule has 4 aromatic rings. The van der Waals surface area contributed by atoms with E-state index in [0.717, 1.165) is 0 Å². The van der Waals surface area contributed by atoms with E-state index in [2.05, 4.69) is 0 Å². The number of fused-ring (bicyclic) bond motifs is 4. The zero-order valence-corrected chi connectivity index (χ0v) is 23.8. The van der Waals surface area contributed by atoms with Crippen molar-refractivity contribution >= 4 is 33.1 Å². The number of ketones is 2. The van der Waals surface area contributed by atoms with Gasteiger partial charge in [0.05, 0.1) is 50.5 Å². The van der Waals surface area contributed by atoms with E-state index in [1.54, 1.807) is 0 Å². The van der Waals surface area contributed by atoms with Gasteiger partial charge in [0.1, 0.15) is 57.1 Å². The number of carbonyl (C=O) groups is 2. The Morgan fingerprint density at radius 2 is 1.35 bits per heavy atom. The van der Waals surface area contributed by atoms with Gasteiger partial charge in [-0.3, -0.25) is 9.59 Å². The Labute approximate surface area is 244 Å². The van der Waals surface area contributed by atoms with Gasteiger partial charge in [-0.25, -0.2) is 0 Å². The van der Waals surface area contributed by atoms with Gasteiger partial charge in [0.15, 0.2) is 11.6 Å². The van der Waals surface area contributed by atoms with Crippen LogP contribution in [0.15, 0.2) is 24.3 Å². The molecule has 0 saturated carbocycles. The summed E-state index contributed by atoms with van der Waals surface area (Å²) < 4.78 is 28.2. The Morgan fingerprint density at radius 3 is 1.98 bits per heavy atom. The summed E-state index contributed by atoms with van der Waals surface area (Å²) >= 11 is 0. The number of phenolic OH excluding ortho intramolecular Hbond substituents is 3. The van der Waals surface area contributed by atoms with E-state index in [1.807, 2.05) is 0 Å². The van der Waals surface area contributed by atoms with Crippen molar-refractivity contribution in [3.05, 3.63) is 35.4 Å². The lowest BCUT2D eigenvalue weighted by Crippen LogP contribution is -2.39. The molecule has 6 rings (SSSR count). The fourth-order valence-electron chi connectivity index (χ4n) is 5.97. The van der Waals surface area contributed by atoms with Gasteiger partial charge in [-0.2, -0.15) is 0 Å². The lowest BCUT2D eigenvalue weighted by Gasteiger charge is -2.33.